The average Bonchev–Trinajstić information content (AvgIpc) is 2.30. The Labute approximate surface area is 116 Å². The van der Waals surface area contributed by atoms with Crippen LogP contribution in [0.25, 0.3) is 0 Å². The Bertz CT molecular complexity index is 416. The SMILES string of the molecule is Cc1ccc(C(CN)N2CC(C)OC(C)(C)C2)cn1. The minimum absolute atomic E-state index is 0.122. The lowest BCUT2D eigenvalue weighted by molar-refractivity contribution is -0.137. The Kier molecular flexibility index (Phi) is 4.23. The number of aromatic nitrogens is 1. The van der Waals surface area contributed by atoms with Crippen molar-refractivity contribution in [2.24, 2.45) is 5.73 Å². The lowest BCUT2D eigenvalue weighted by atomic mass is 10.00. The summed E-state index contributed by atoms with van der Waals surface area (Å²) in [6.45, 7) is 10.8. The first-order valence-corrected chi connectivity index (χ1v) is 6.96. The van der Waals surface area contributed by atoms with Crippen LogP contribution in [0.1, 0.15) is 38.1 Å². The van der Waals surface area contributed by atoms with Crippen molar-refractivity contribution in [1.82, 2.24) is 9.88 Å². The molecule has 0 spiro atoms. The molecule has 2 atom stereocenters. The molecule has 4 heteroatoms. The van der Waals surface area contributed by atoms with Gasteiger partial charge >= 0.3 is 0 Å². The van der Waals surface area contributed by atoms with Crippen molar-refractivity contribution in [3.05, 3.63) is 29.6 Å². The molecule has 0 aliphatic carbocycles. The molecule has 2 unspecified atom stereocenters. The van der Waals surface area contributed by atoms with Crippen LogP contribution in [0.2, 0.25) is 0 Å². The Morgan fingerprint density at radius 3 is 2.79 bits per heavy atom. The maximum atomic E-state index is 6.00. The highest BCUT2D eigenvalue weighted by molar-refractivity contribution is 5.18. The molecule has 1 saturated heterocycles. The summed E-state index contributed by atoms with van der Waals surface area (Å²) in [7, 11) is 0. The summed E-state index contributed by atoms with van der Waals surface area (Å²) >= 11 is 0. The van der Waals surface area contributed by atoms with Crippen LogP contribution in [0.5, 0.6) is 0 Å². The van der Waals surface area contributed by atoms with Crippen molar-refractivity contribution in [3.8, 4) is 0 Å². The number of nitrogens with zero attached hydrogens (tertiary/aromatic N) is 2. The zero-order valence-corrected chi connectivity index (χ0v) is 12.4. The van der Waals surface area contributed by atoms with E-state index in [4.69, 9.17) is 10.5 Å². The van der Waals surface area contributed by atoms with Crippen molar-refractivity contribution < 1.29 is 4.74 Å². The molecule has 1 aromatic heterocycles. The van der Waals surface area contributed by atoms with E-state index in [1.807, 2.05) is 19.2 Å². The zero-order chi connectivity index (χ0) is 14.0. The van der Waals surface area contributed by atoms with Crippen LogP contribution in [0, 0.1) is 6.92 Å². The van der Waals surface area contributed by atoms with Crippen molar-refractivity contribution in [2.75, 3.05) is 19.6 Å². The van der Waals surface area contributed by atoms with Crippen LogP contribution in [0.3, 0.4) is 0 Å². The number of ether oxygens (including phenoxy) is 1. The molecular formula is C15H25N3O. The fraction of sp³-hybridized carbons (Fsp3) is 0.667. The molecule has 0 radical (unpaired) electrons. The first-order chi connectivity index (χ1) is 8.91. The standard InChI is InChI=1S/C15H25N3O/c1-11-5-6-13(8-17-11)14(7-16)18-9-12(2)19-15(3,4)10-18/h5-6,8,12,14H,7,9-10,16H2,1-4H3. The fourth-order valence-electron chi connectivity index (χ4n) is 2.91. The highest BCUT2D eigenvalue weighted by Gasteiger charge is 2.34. The summed E-state index contributed by atoms with van der Waals surface area (Å²) in [4.78, 5) is 6.80. The third-order valence-electron chi connectivity index (χ3n) is 3.58. The Morgan fingerprint density at radius 2 is 2.26 bits per heavy atom. The number of aryl methyl sites for hydroxylation is 1. The molecule has 106 valence electrons. The highest BCUT2D eigenvalue weighted by atomic mass is 16.5. The van der Waals surface area contributed by atoms with E-state index in [1.165, 1.54) is 5.56 Å². The van der Waals surface area contributed by atoms with E-state index in [2.05, 4.69) is 36.7 Å². The van der Waals surface area contributed by atoms with Crippen molar-refractivity contribution in [3.63, 3.8) is 0 Å². The molecule has 0 bridgehead atoms. The molecule has 1 aliphatic heterocycles. The van der Waals surface area contributed by atoms with Gasteiger partial charge in [0.25, 0.3) is 0 Å². The molecule has 4 nitrogen and oxygen atoms in total. The summed E-state index contributed by atoms with van der Waals surface area (Å²) in [6.07, 6.45) is 2.18. The van der Waals surface area contributed by atoms with Crippen LogP contribution < -0.4 is 5.73 Å². The van der Waals surface area contributed by atoms with Gasteiger partial charge in [0.1, 0.15) is 0 Å². The van der Waals surface area contributed by atoms with Crippen molar-refractivity contribution >= 4 is 0 Å². The molecule has 0 aromatic carbocycles. The predicted molar refractivity (Wildman–Crippen MR) is 77.0 cm³/mol. The Hall–Kier alpha value is -0.970. The Morgan fingerprint density at radius 1 is 1.53 bits per heavy atom. The van der Waals surface area contributed by atoms with Gasteiger partial charge in [0.05, 0.1) is 11.7 Å². The molecule has 2 heterocycles. The molecule has 2 rings (SSSR count). The molecule has 1 aliphatic rings. The van der Waals surface area contributed by atoms with Gasteiger partial charge in [-0.2, -0.15) is 0 Å². The number of nitrogens with two attached hydrogens (primary N) is 1. The van der Waals surface area contributed by atoms with Crippen LogP contribution in [0.15, 0.2) is 18.3 Å². The van der Waals surface area contributed by atoms with E-state index in [9.17, 15) is 0 Å². The number of hydrogen-bond donors (Lipinski definition) is 1. The van der Waals surface area contributed by atoms with Gasteiger partial charge in [0.15, 0.2) is 0 Å². The number of rotatable bonds is 3. The van der Waals surface area contributed by atoms with E-state index in [0.29, 0.717) is 6.54 Å². The van der Waals surface area contributed by atoms with Crippen molar-refractivity contribution in [1.29, 1.82) is 0 Å². The van der Waals surface area contributed by atoms with Gasteiger partial charge in [-0.05, 0) is 39.3 Å². The summed E-state index contributed by atoms with van der Waals surface area (Å²) < 4.78 is 5.96. The first kappa shape index (κ1) is 14.4. The van der Waals surface area contributed by atoms with Gasteiger partial charge in [-0.25, -0.2) is 0 Å². The van der Waals surface area contributed by atoms with E-state index >= 15 is 0 Å². The predicted octanol–water partition coefficient (Wildman–Crippen LogP) is 1.89. The smallest absolute Gasteiger partial charge is 0.0757 e. The number of morpholine rings is 1. The van der Waals surface area contributed by atoms with Gasteiger partial charge in [0, 0.05) is 37.6 Å². The largest absolute Gasteiger partial charge is 0.370 e. The minimum atomic E-state index is -0.122. The quantitative estimate of drug-likeness (QED) is 0.905. The normalized spacial score (nSPS) is 25.2. The molecule has 0 amide bonds. The minimum Gasteiger partial charge on any atom is -0.370 e. The summed E-state index contributed by atoms with van der Waals surface area (Å²) in [6, 6.07) is 4.40. The summed E-state index contributed by atoms with van der Waals surface area (Å²) in [5, 5.41) is 0. The first-order valence-electron chi connectivity index (χ1n) is 6.96. The zero-order valence-electron chi connectivity index (χ0n) is 12.4. The summed E-state index contributed by atoms with van der Waals surface area (Å²) in [5.41, 5.74) is 8.11. The molecule has 2 N–H and O–H groups in total. The van der Waals surface area contributed by atoms with Crippen molar-refractivity contribution in [2.45, 2.75) is 45.4 Å². The van der Waals surface area contributed by atoms with Crippen LogP contribution in [-0.2, 0) is 4.74 Å². The van der Waals surface area contributed by atoms with E-state index in [1.54, 1.807) is 0 Å². The van der Waals surface area contributed by atoms with Gasteiger partial charge in [0.2, 0.25) is 0 Å². The number of pyridine rings is 1. The van der Waals surface area contributed by atoms with E-state index in [-0.39, 0.29) is 17.7 Å². The van der Waals surface area contributed by atoms with Crippen LogP contribution in [0.4, 0.5) is 0 Å². The molecule has 19 heavy (non-hydrogen) atoms. The average molecular weight is 263 g/mol. The lowest BCUT2D eigenvalue weighted by Crippen LogP contribution is -2.53. The molecule has 0 saturated carbocycles. The van der Waals surface area contributed by atoms with E-state index in [0.717, 1.165) is 18.8 Å². The maximum Gasteiger partial charge on any atom is 0.0757 e. The maximum absolute atomic E-state index is 6.00. The lowest BCUT2D eigenvalue weighted by Gasteiger charge is -2.45. The van der Waals surface area contributed by atoms with E-state index < -0.39 is 0 Å². The number of hydrogen-bond acceptors (Lipinski definition) is 4. The van der Waals surface area contributed by atoms with Crippen LogP contribution in [-0.4, -0.2) is 41.2 Å². The second-order valence-corrected chi connectivity index (χ2v) is 6.10. The van der Waals surface area contributed by atoms with Gasteiger partial charge < -0.3 is 10.5 Å². The van der Waals surface area contributed by atoms with Crippen LogP contribution >= 0.6 is 0 Å². The second kappa shape index (κ2) is 5.57. The Balaban J connectivity index is 2.19. The second-order valence-electron chi connectivity index (χ2n) is 6.10. The highest BCUT2D eigenvalue weighted by Crippen LogP contribution is 2.28. The third kappa shape index (κ3) is 3.53. The molecule has 1 aromatic rings. The summed E-state index contributed by atoms with van der Waals surface area (Å²) in [5.74, 6) is 0. The van der Waals surface area contributed by atoms with Gasteiger partial charge in [-0.1, -0.05) is 6.07 Å². The molecular weight excluding hydrogens is 238 g/mol. The van der Waals surface area contributed by atoms with Gasteiger partial charge in [-0.15, -0.1) is 0 Å². The van der Waals surface area contributed by atoms with Gasteiger partial charge in [-0.3, -0.25) is 9.88 Å². The topological polar surface area (TPSA) is 51.4 Å². The third-order valence-corrected chi connectivity index (χ3v) is 3.58. The monoisotopic (exact) mass is 263 g/mol. The fourth-order valence-corrected chi connectivity index (χ4v) is 2.91. The molecule has 1 fully saturated rings.